The molecule has 1 atom stereocenters. The van der Waals surface area contributed by atoms with Gasteiger partial charge in [0.05, 0.1) is 12.4 Å². The third-order valence-corrected chi connectivity index (χ3v) is 4.41. The number of rotatable bonds is 6. The van der Waals surface area contributed by atoms with Gasteiger partial charge in [0.25, 0.3) is 5.91 Å². The molecule has 1 N–H and O–H groups in total. The molecule has 0 fully saturated rings. The highest BCUT2D eigenvalue weighted by atomic mass is 16.2. The van der Waals surface area contributed by atoms with Crippen molar-refractivity contribution in [3.8, 4) is 0 Å². The molecule has 1 amide bonds. The van der Waals surface area contributed by atoms with Crippen molar-refractivity contribution in [3.05, 3.63) is 83.8 Å². The third kappa shape index (κ3) is 4.50. The van der Waals surface area contributed by atoms with Gasteiger partial charge in [-0.05, 0) is 44.0 Å². The fourth-order valence-corrected chi connectivity index (χ4v) is 2.94. The first-order chi connectivity index (χ1) is 13.1. The van der Waals surface area contributed by atoms with E-state index in [-0.39, 0.29) is 11.9 Å². The second-order valence-corrected chi connectivity index (χ2v) is 6.45. The highest BCUT2D eigenvalue weighted by Crippen LogP contribution is 2.19. The Morgan fingerprint density at radius 3 is 2.48 bits per heavy atom. The van der Waals surface area contributed by atoms with E-state index in [1.165, 1.54) is 6.20 Å². The normalized spacial score (nSPS) is 11.7. The third-order valence-electron chi connectivity index (χ3n) is 4.41. The topological polar surface area (TPSA) is 58.1 Å². The first kappa shape index (κ1) is 18.6. The number of hydrogen-bond acceptors (Lipinski definition) is 4. The molecule has 0 aliphatic heterocycles. The van der Waals surface area contributed by atoms with Gasteiger partial charge in [0.15, 0.2) is 0 Å². The van der Waals surface area contributed by atoms with Crippen molar-refractivity contribution in [1.29, 1.82) is 0 Å². The molecule has 5 nitrogen and oxygen atoms in total. The molecular formula is C22H24N4O. The van der Waals surface area contributed by atoms with Crippen LogP contribution in [0, 0.1) is 6.92 Å². The van der Waals surface area contributed by atoms with Gasteiger partial charge in [-0.2, -0.15) is 0 Å². The highest BCUT2D eigenvalue weighted by molar-refractivity contribution is 6.04. The van der Waals surface area contributed by atoms with E-state index < -0.39 is 0 Å². The van der Waals surface area contributed by atoms with Crippen LogP contribution in [0.5, 0.6) is 0 Å². The van der Waals surface area contributed by atoms with Crippen LogP contribution in [-0.4, -0.2) is 22.4 Å². The average Bonchev–Trinajstić information content (AvgIpc) is 2.70. The van der Waals surface area contributed by atoms with Gasteiger partial charge in [-0.25, -0.2) is 9.97 Å². The van der Waals surface area contributed by atoms with Crippen molar-refractivity contribution >= 4 is 17.4 Å². The minimum Gasteiger partial charge on any atom is -0.362 e. The molecular weight excluding hydrogens is 336 g/mol. The summed E-state index contributed by atoms with van der Waals surface area (Å²) in [5.41, 5.74) is 3.47. The van der Waals surface area contributed by atoms with Crippen molar-refractivity contribution in [2.45, 2.75) is 26.8 Å². The van der Waals surface area contributed by atoms with Gasteiger partial charge in [0.2, 0.25) is 0 Å². The van der Waals surface area contributed by atoms with E-state index in [1.807, 2.05) is 56.3 Å². The quantitative estimate of drug-likeness (QED) is 0.696. The Kier molecular flexibility index (Phi) is 5.81. The monoisotopic (exact) mass is 360 g/mol. The Morgan fingerprint density at radius 2 is 1.85 bits per heavy atom. The summed E-state index contributed by atoms with van der Waals surface area (Å²) in [4.78, 5) is 23.2. The Labute approximate surface area is 160 Å². The van der Waals surface area contributed by atoms with Gasteiger partial charge >= 0.3 is 0 Å². The molecule has 1 heterocycles. The molecule has 3 aromatic rings. The second-order valence-electron chi connectivity index (χ2n) is 6.45. The molecule has 0 bridgehead atoms. The fraction of sp³-hybridized carbons (Fsp3) is 0.227. The summed E-state index contributed by atoms with van der Waals surface area (Å²) in [6.45, 7) is 6.59. The highest BCUT2D eigenvalue weighted by Gasteiger charge is 2.18. The molecule has 2 aromatic carbocycles. The lowest BCUT2D eigenvalue weighted by atomic mass is 10.1. The molecule has 138 valence electrons. The standard InChI is InChI=1S/C22H24N4O/c1-4-26(19-12-8-9-16(2)13-19)22(27)20-14-24-21(15-23-20)25-17(3)18-10-6-5-7-11-18/h5-15,17H,4H2,1-3H3,(H,24,25). The first-order valence-electron chi connectivity index (χ1n) is 9.10. The zero-order valence-electron chi connectivity index (χ0n) is 15.9. The maximum absolute atomic E-state index is 12.8. The van der Waals surface area contributed by atoms with Crippen LogP contribution in [0.3, 0.4) is 0 Å². The van der Waals surface area contributed by atoms with E-state index in [0.29, 0.717) is 18.1 Å². The SMILES string of the molecule is CCN(C(=O)c1cnc(NC(C)c2ccccc2)cn1)c1cccc(C)c1. The largest absolute Gasteiger partial charge is 0.362 e. The van der Waals surface area contributed by atoms with E-state index in [1.54, 1.807) is 11.1 Å². The number of aromatic nitrogens is 2. The van der Waals surface area contributed by atoms with Gasteiger partial charge < -0.3 is 10.2 Å². The minimum atomic E-state index is -0.154. The van der Waals surface area contributed by atoms with E-state index in [4.69, 9.17) is 0 Å². The maximum Gasteiger partial charge on any atom is 0.278 e. The number of hydrogen-bond donors (Lipinski definition) is 1. The van der Waals surface area contributed by atoms with Crippen molar-refractivity contribution < 1.29 is 4.79 Å². The predicted octanol–water partition coefficient (Wildman–Crippen LogP) is 4.62. The number of benzene rings is 2. The van der Waals surface area contributed by atoms with E-state index in [2.05, 4.69) is 34.3 Å². The maximum atomic E-state index is 12.8. The summed E-state index contributed by atoms with van der Waals surface area (Å²) in [5.74, 6) is 0.486. The predicted molar refractivity (Wildman–Crippen MR) is 109 cm³/mol. The number of carbonyl (C=O) groups is 1. The number of carbonyl (C=O) groups excluding carboxylic acids is 1. The number of nitrogens with zero attached hydrogens (tertiary/aromatic N) is 3. The Bertz CT molecular complexity index is 894. The van der Waals surface area contributed by atoms with Crippen LogP contribution in [0.15, 0.2) is 67.0 Å². The molecule has 0 aliphatic rings. The van der Waals surface area contributed by atoms with Crippen LogP contribution in [0.2, 0.25) is 0 Å². The number of aryl methyl sites for hydroxylation is 1. The molecule has 5 heteroatoms. The van der Waals surface area contributed by atoms with Gasteiger partial charge in [-0.15, -0.1) is 0 Å². The van der Waals surface area contributed by atoms with E-state index in [9.17, 15) is 4.79 Å². The molecule has 27 heavy (non-hydrogen) atoms. The molecule has 0 saturated carbocycles. The van der Waals surface area contributed by atoms with Crippen molar-refractivity contribution in [1.82, 2.24) is 9.97 Å². The Morgan fingerprint density at radius 1 is 1.07 bits per heavy atom. The van der Waals surface area contributed by atoms with Gasteiger partial charge in [-0.1, -0.05) is 42.5 Å². The summed E-state index contributed by atoms with van der Waals surface area (Å²) < 4.78 is 0. The lowest BCUT2D eigenvalue weighted by Crippen LogP contribution is -2.31. The van der Waals surface area contributed by atoms with E-state index in [0.717, 1.165) is 16.8 Å². The molecule has 0 saturated heterocycles. The summed E-state index contributed by atoms with van der Waals surface area (Å²) in [6.07, 6.45) is 3.14. The Hall–Kier alpha value is -3.21. The summed E-state index contributed by atoms with van der Waals surface area (Å²) >= 11 is 0. The first-order valence-corrected chi connectivity index (χ1v) is 9.10. The molecule has 3 rings (SSSR count). The summed E-state index contributed by atoms with van der Waals surface area (Å²) in [7, 11) is 0. The summed E-state index contributed by atoms with van der Waals surface area (Å²) in [5, 5.41) is 3.31. The van der Waals surface area contributed by atoms with Gasteiger partial charge in [-0.3, -0.25) is 4.79 Å². The van der Waals surface area contributed by atoms with Crippen LogP contribution in [0.1, 0.15) is 41.5 Å². The lowest BCUT2D eigenvalue weighted by molar-refractivity contribution is 0.0983. The van der Waals surface area contributed by atoms with Crippen molar-refractivity contribution in [3.63, 3.8) is 0 Å². The van der Waals surface area contributed by atoms with Crippen LogP contribution in [-0.2, 0) is 0 Å². The van der Waals surface area contributed by atoms with Crippen LogP contribution < -0.4 is 10.2 Å². The van der Waals surface area contributed by atoms with Crippen molar-refractivity contribution in [2.24, 2.45) is 0 Å². The van der Waals surface area contributed by atoms with Gasteiger partial charge in [0, 0.05) is 18.3 Å². The average molecular weight is 360 g/mol. The number of amides is 1. The van der Waals surface area contributed by atoms with Gasteiger partial charge in [0.1, 0.15) is 11.5 Å². The van der Waals surface area contributed by atoms with Crippen LogP contribution in [0.4, 0.5) is 11.5 Å². The van der Waals surface area contributed by atoms with Crippen LogP contribution in [0.25, 0.3) is 0 Å². The molecule has 1 unspecified atom stereocenters. The number of nitrogens with one attached hydrogen (secondary N) is 1. The molecule has 0 radical (unpaired) electrons. The minimum absolute atomic E-state index is 0.0986. The number of anilines is 2. The lowest BCUT2D eigenvalue weighted by Gasteiger charge is -2.21. The molecule has 1 aromatic heterocycles. The molecule has 0 aliphatic carbocycles. The van der Waals surface area contributed by atoms with Crippen molar-refractivity contribution in [2.75, 3.05) is 16.8 Å². The van der Waals surface area contributed by atoms with E-state index >= 15 is 0 Å². The fourth-order valence-electron chi connectivity index (χ4n) is 2.94. The zero-order chi connectivity index (χ0) is 19.2. The van der Waals surface area contributed by atoms with Crippen LogP contribution >= 0.6 is 0 Å². The smallest absolute Gasteiger partial charge is 0.278 e. The second kappa shape index (κ2) is 8.45. The Balaban J connectivity index is 1.73. The summed E-state index contributed by atoms with van der Waals surface area (Å²) in [6, 6.07) is 18.1. The zero-order valence-corrected chi connectivity index (χ0v) is 15.9. The molecule has 0 spiro atoms.